The number of alkyl halides is 3. The van der Waals surface area contributed by atoms with Crippen molar-refractivity contribution in [3.63, 3.8) is 0 Å². The minimum absolute atomic E-state index is 0.129. The molecule has 0 fully saturated rings. The van der Waals surface area contributed by atoms with Crippen molar-refractivity contribution >= 4 is 0 Å². The Morgan fingerprint density at radius 2 is 1.71 bits per heavy atom. The molecule has 1 rings (SSSR count). The van der Waals surface area contributed by atoms with E-state index in [0.29, 0.717) is 5.56 Å². The average Bonchev–Trinajstić information content (AvgIpc) is 1.96. The molecule has 0 N–H and O–H groups in total. The van der Waals surface area contributed by atoms with E-state index in [2.05, 4.69) is 4.74 Å². The van der Waals surface area contributed by atoms with E-state index in [-0.39, 0.29) is 5.56 Å². The van der Waals surface area contributed by atoms with Crippen molar-refractivity contribution in [2.24, 2.45) is 0 Å². The Hall–Kier alpha value is -1.26. The third kappa shape index (κ3) is 2.61. The van der Waals surface area contributed by atoms with E-state index in [1.165, 1.54) is 13.0 Å². The Morgan fingerprint density at radius 3 is 2.21 bits per heavy atom. The van der Waals surface area contributed by atoms with Gasteiger partial charge in [0.1, 0.15) is 0 Å². The lowest BCUT2D eigenvalue weighted by Gasteiger charge is -2.11. The lowest BCUT2D eigenvalue weighted by atomic mass is 10.1. The lowest BCUT2D eigenvalue weighted by molar-refractivity contribution is -0.275. The van der Waals surface area contributed by atoms with Gasteiger partial charge in [-0.15, -0.1) is 13.2 Å². The molecule has 0 aromatic heterocycles. The molecule has 1 nitrogen and oxygen atoms in total. The SMILES string of the molecule is Cc1cc(C)c(F)c(OC(F)(F)F)c1. The Morgan fingerprint density at radius 1 is 1.14 bits per heavy atom. The highest BCUT2D eigenvalue weighted by molar-refractivity contribution is 5.35. The van der Waals surface area contributed by atoms with Crippen LogP contribution in [-0.2, 0) is 0 Å². The van der Waals surface area contributed by atoms with E-state index >= 15 is 0 Å². The fourth-order valence-corrected chi connectivity index (χ4v) is 1.11. The highest BCUT2D eigenvalue weighted by Crippen LogP contribution is 2.28. The summed E-state index contributed by atoms with van der Waals surface area (Å²) in [5, 5.41) is 0. The minimum atomic E-state index is -4.86. The summed E-state index contributed by atoms with van der Waals surface area (Å²) in [6, 6.07) is 2.45. The second-order valence-corrected chi connectivity index (χ2v) is 2.94. The van der Waals surface area contributed by atoms with Crippen LogP contribution in [0.2, 0.25) is 0 Å². The average molecular weight is 208 g/mol. The number of halogens is 4. The molecule has 0 heterocycles. The zero-order valence-corrected chi connectivity index (χ0v) is 7.57. The van der Waals surface area contributed by atoms with Crippen LogP contribution >= 0.6 is 0 Å². The van der Waals surface area contributed by atoms with Gasteiger partial charge < -0.3 is 4.74 Å². The molecule has 78 valence electrons. The summed E-state index contributed by atoms with van der Waals surface area (Å²) in [6.45, 7) is 2.95. The second kappa shape index (κ2) is 3.48. The number of hydrogen-bond acceptors (Lipinski definition) is 1. The van der Waals surface area contributed by atoms with E-state index < -0.39 is 17.9 Å². The van der Waals surface area contributed by atoms with Crippen LogP contribution in [0.4, 0.5) is 17.6 Å². The van der Waals surface area contributed by atoms with Crippen molar-refractivity contribution < 1.29 is 22.3 Å². The molecule has 0 atom stereocenters. The van der Waals surface area contributed by atoms with E-state index in [0.717, 1.165) is 6.07 Å². The summed E-state index contributed by atoms with van der Waals surface area (Å²) in [7, 11) is 0. The smallest absolute Gasteiger partial charge is 0.403 e. The summed E-state index contributed by atoms with van der Waals surface area (Å²) in [4.78, 5) is 0. The molecule has 14 heavy (non-hydrogen) atoms. The number of rotatable bonds is 1. The molecule has 1 aromatic carbocycles. The van der Waals surface area contributed by atoms with Gasteiger partial charge in [0.2, 0.25) is 0 Å². The zero-order valence-electron chi connectivity index (χ0n) is 7.57. The monoisotopic (exact) mass is 208 g/mol. The van der Waals surface area contributed by atoms with Gasteiger partial charge in [0.15, 0.2) is 11.6 Å². The molecule has 0 spiro atoms. The highest BCUT2D eigenvalue weighted by Gasteiger charge is 2.32. The Bertz CT molecular complexity index is 343. The first-order valence-corrected chi connectivity index (χ1v) is 3.82. The first kappa shape index (κ1) is 10.8. The van der Waals surface area contributed by atoms with Crippen LogP contribution in [0.3, 0.4) is 0 Å². The molecule has 0 aliphatic rings. The third-order valence-corrected chi connectivity index (χ3v) is 1.59. The van der Waals surface area contributed by atoms with Crippen molar-refractivity contribution in [2.75, 3.05) is 0 Å². The lowest BCUT2D eigenvalue weighted by Crippen LogP contribution is -2.18. The molecular formula is C9H8F4O. The van der Waals surface area contributed by atoms with Crippen LogP contribution in [0.5, 0.6) is 5.75 Å². The summed E-state index contributed by atoms with van der Waals surface area (Å²) < 4.78 is 52.0. The van der Waals surface area contributed by atoms with Crippen LogP contribution in [0, 0.1) is 19.7 Å². The van der Waals surface area contributed by atoms with Crippen LogP contribution in [0.15, 0.2) is 12.1 Å². The van der Waals surface area contributed by atoms with Crippen molar-refractivity contribution in [1.82, 2.24) is 0 Å². The summed E-state index contributed by atoms with van der Waals surface area (Å²) >= 11 is 0. The van der Waals surface area contributed by atoms with E-state index in [9.17, 15) is 17.6 Å². The van der Waals surface area contributed by atoms with Crippen molar-refractivity contribution in [1.29, 1.82) is 0 Å². The second-order valence-electron chi connectivity index (χ2n) is 2.94. The standard InChI is InChI=1S/C9H8F4O/c1-5-3-6(2)8(10)7(4-5)14-9(11,12)13/h3-4H,1-2H3. The van der Waals surface area contributed by atoms with Gasteiger partial charge in [-0.3, -0.25) is 0 Å². The van der Waals surface area contributed by atoms with Gasteiger partial charge in [0, 0.05) is 0 Å². The van der Waals surface area contributed by atoms with E-state index in [1.54, 1.807) is 6.92 Å². The minimum Gasteiger partial charge on any atom is -0.403 e. The van der Waals surface area contributed by atoms with Gasteiger partial charge in [0.05, 0.1) is 0 Å². The van der Waals surface area contributed by atoms with Crippen molar-refractivity contribution in [3.05, 3.63) is 29.1 Å². The molecule has 0 bridgehead atoms. The first-order valence-electron chi connectivity index (χ1n) is 3.82. The molecule has 0 amide bonds. The highest BCUT2D eigenvalue weighted by atomic mass is 19.4. The Labute approximate surface area is 78.3 Å². The molecule has 0 saturated carbocycles. The van der Waals surface area contributed by atoms with Crippen LogP contribution in [-0.4, -0.2) is 6.36 Å². The molecule has 0 radical (unpaired) electrons. The molecular weight excluding hydrogens is 200 g/mol. The molecule has 5 heteroatoms. The van der Waals surface area contributed by atoms with Gasteiger partial charge in [0.25, 0.3) is 0 Å². The molecule has 0 unspecified atom stereocenters. The fraction of sp³-hybridized carbons (Fsp3) is 0.333. The van der Waals surface area contributed by atoms with Crippen LogP contribution in [0.1, 0.15) is 11.1 Å². The van der Waals surface area contributed by atoms with Crippen molar-refractivity contribution in [3.8, 4) is 5.75 Å². The number of hydrogen-bond donors (Lipinski definition) is 0. The van der Waals surface area contributed by atoms with E-state index in [1.807, 2.05) is 0 Å². The number of aryl methyl sites for hydroxylation is 2. The predicted molar refractivity (Wildman–Crippen MR) is 42.6 cm³/mol. The Kier molecular flexibility index (Phi) is 2.69. The molecule has 0 aliphatic heterocycles. The third-order valence-electron chi connectivity index (χ3n) is 1.59. The van der Waals surface area contributed by atoms with Gasteiger partial charge in [-0.2, -0.15) is 0 Å². The van der Waals surface area contributed by atoms with Crippen LogP contribution in [0.25, 0.3) is 0 Å². The normalized spacial score (nSPS) is 11.6. The summed E-state index contributed by atoms with van der Waals surface area (Å²) in [5.41, 5.74) is 0.646. The number of benzene rings is 1. The largest absolute Gasteiger partial charge is 0.573 e. The zero-order chi connectivity index (χ0) is 10.9. The van der Waals surface area contributed by atoms with Gasteiger partial charge >= 0.3 is 6.36 Å². The summed E-state index contributed by atoms with van der Waals surface area (Å²) in [6.07, 6.45) is -4.86. The van der Waals surface area contributed by atoms with Crippen molar-refractivity contribution in [2.45, 2.75) is 20.2 Å². The maximum Gasteiger partial charge on any atom is 0.573 e. The Balaban J connectivity index is 3.09. The maximum atomic E-state index is 13.1. The molecule has 1 aromatic rings. The fourth-order valence-electron chi connectivity index (χ4n) is 1.11. The topological polar surface area (TPSA) is 9.23 Å². The first-order chi connectivity index (χ1) is 6.29. The number of ether oxygens (including phenoxy) is 1. The summed E-state index contributed by atoms with van der Waals surface area (Å²) in [5.74, 6) is -1.76. The quantitative estimate of drug-likeness (QED) is 0.643. The maximum absolute atomic E-state index is 13.1. The molecule has 0 saturated heterocycles. The van der Waals surface area contributed by atoms with Gasteiger partial charge in [-0.05, 0) is 31.0 Å². The van der Waals surface area contributed by atoms with Gasteiger partial charge in [-0.1, -0.05) is 6.07 Å². The van der Waals surface area contributed by atoms with Crippen LogP contribution < -0.4 is 4.74 Å². The molecule has 0 aliphatic carbocycles. The predicted octanol–water partition coefficient (Wildman–Crippen LogP) is 3.34. The van der Waals surface area contributed by atoms with Gasteiger partial charge in [-0.25, -0.2) is 4.39 Å². The van der Waals surface area contributed by atoms with E-state index in [4.69, 9.17) is 0 Å².